The number of aromatic nitrogens is 3. The van der Waals surface area contributed by atoms with E-state index in [1.165, 1.54) is 6.07 Å². The average Bonchev–Trinajstić information content (AvgIpc) is 2.59. The first-order valence-corrected chi connectivity index (χ1v) is 4.74. The van der Waals surface area contributed by atoms with Crippen molar-refractivity contribution in [3.05, 3.63) is 34.2 Å². The van der Waals surface area contributed by atoms with E-state index < -0.39 is 0 Å². The first-order chi connectivity index (χ1) is 7.22. The molecule has 2 aromatic heterocycles. The van der Waals surface area contributed by atoms with Crippen LogP contribution in [0.15, 0.2) is 23.1 Å². The van der Waals surface area contributed by atoms with E-state index >= 15 is 0 Å². The monoisotopic (exact) mass is 204 g/mol. The summed E-state index contributed by atoms with van der Waals surface area (Å²) < 4.78 is 0. The fourth-order valence-electron chi connectivity index (χ4n) is 1.58. The van der Waals surface area contributed by atoms with Crippen molar-refractivity contribution < 1.29 is 0 Å². The van der Waals surface area contributed by atoms with Crippen LogP contribution >= 0.6 is 0 Å². The Morgan fingerprint density at radius 3 is 3.00 bits per heavy atom. The van der Waals surface area contributed by atoms with Gasteiger partial charge in [0.2, 0.25) is 5.56 Å². The van der Waals surface area contributed by atoms with Crippen LogP contribution in [0.4, 0.5) is 5.82 Å². The summed E-state index contributed by atoms with van der Waals surface area (Å²) in [7, 11) is 0. The largest absolute Gasteiger partial charge is 0.382 e. The molecule has 0 saturated heterocycles. The number of anilines is 1. The number of nitrogens with one attached hydrogen (secondary N) is 2. The number of nitrogens with two attached hydrogens (primary N) is 1. The van der Waals surface area contributed by atoms with Gasteiger partial charge in [0.25, 0.3) is 0 Å². The molecule has 0 fully saturated rings. The van der Waals surface area contributed by atoms with Crippen molar-refractivity contribution in [1.29, 1.82) is 0 Å². The molecule has 0 aliphatic heterocycles. The van der Waals surface area contributed by atoms with Crippen LogP contribution in [0.2, 0.25) is 0 Å². The zero-order valence-corrected chi connectivity index (χ0v) is 8.37. The van der Waals surface area contributed by atoms with Crippen LogP contribution in [0, 0.1) is 0 Å². The third kappa shape index (κ3) is 1.63. The van der Waals surface area contributed by atoms with Gasteiger partial charge >= 0.3 is 0 Å². The van der Waals surface area contributed by atoms with Crippen LogP contribution in [0.1, 0.15) is 12.5 Å². The lowest BCUT2D eigenvalue weighted by atomic mass is 10.1. The third-order valence-electron chi connectivity index (χ3n) is 2.32. The standard InChI is InChI=1S/C10H12N4O/c1-2-7-9(13-14-10(7)11)6-3-4-12-8(15)5-6/h3-5H,2H2,1H3,(H,12,15)(H3,11,13,14). The Balaban J connectivity index is 2.58. The van der Waals surface area contributed by atoms with Crippen LogP contribution in [-0.2, 0) is 6.42 Å². The summed E-state index contributed by atoms with van der Waals surface area (Å²) in [5.74, 6) is 0.493. The van der Waals surface area contributed by atoms with Crippen molar-refractivity contribution in [2.75, 3.05) is 5.73 Å². The molecule has 2 heterocycles. The molecule has 0 unspecified atom stereocenters. The van der Waals surface area contributed by atoms with Crippen LogP contribution in [-0.4, -0.2) is 15.2 Å². The van der Waals surface area contributed by atoms with Gasteiger partial charge in [0, 0.05) is 23.4 Å². The minimum Gasteiger partial charge on any atom is -0.382 e. The van der Waals surface area contributed by atoms with Gasteiger partial charge in [-0.1, -0.05) is 6.92 Å². The number of H-pyrrole nitrogens is 2. The molecule has 0 amide bonds. The van der Waals surface area contributed by atoms with E-state index in [-0.39, 0.29) is 5.56 Å². The highest BCUT2D eigenvalue weighted by Crippen LogP contribution is 2.23. The first kappa shape index (κ1) is 9.51. The van der Waals surface area contributed by atoms with Gasteiger partial charge < -0.3 is 10.7 Å². The molecule has 15 heavy (non-hydrogen) atoms. The van der Waals surface area contributed by atoms with Gasteiger partial charge in [-0.15, -0.1) is 0 Å². The molecule has 0 radical (unpaired) electrons. The maximum absolute atomic E-state index is 11.1. The fourth-order valence-corrected chi connectivity index (χ4v) is 1.58. The number of pyridine rings is 1. The zero-order valence-electron chi connectivity index (χ0n) is 8.37. The Bertz CT molecular complexity index is 526. The molecule has 0 aromatic carbocycles. The molecule has 0 atom stereocenters. The van der Waals surface area contributed by atoms with E-state index in [0.29, 0.717) is 5.82 Å². The number of nitrogens with zero attached hydrogens (tertiary/aromatic N) is 1. The maximum atomic E-state index is 11.1. The molecular weight excluding hydrogens is 192 g/mol. The number of hydrogen-bond donors (Lipinski definition) is 3. The number of aromatic amines is 2. The van der Waals surface area contributed by atoms with Crippen LogP contribution < -0.4 is 11.3 Å². The molecule has 78 valence electrons. The summed E-state index contributed by atoms with van der Waals surface area (Å²) in [6.45, 7) is 2.00. The van der Waals surface area contributed by atoms with Gasteiger partial charge in [-0.05, 0) is 12.5 Å². The summed E-state index contributed by atoms with van der Waals surface area (Å²) in [6, 6.07) is 3.33. The van der Waals surface area contributed by atoms with Crippen molar-refractivity contribution >= 4 is 5.82 Å². The van der Waals surface area contributed by atoms with Gasteiger partial charge in [0.15, 0.2) is 0 Å². The van der Waals surface area contributed by atoms with Crippen molar-refractivity contribution in [1.82, 2.24) is 15.2 Å². The second-order valence-electron chi connectivity index (χ2n) is 3.26. The third-order valence-corrected chi connectivity index (χ3v) is 2.32. The second kappa shape index (κ2) is 3.61. The topological polar surface area (TPSA) is 87.6 Å². The molecule has 2 rings (SSSR count). The molecule has 0 bridgehead atoms. The highest BCUT2D eigenvalue weighted by Gasteiger charge is 2.10. The molecule has 0 aliphatic rings. The summed E-state index contributed by atoms with van der Waals surface area (Å²) in [4.78, 5) is 13.7. The lowest BCUT2D eigenvalue weighted by molar-refractivity contribution is 1.10. The molecule has 0 saturated carbocycles. The van der Waals surface area contributed by atoms with E-state index in [1.807, 2.05) is 13.0 Å². The van der Waals surface area contributed by atoms with Gasteiger partial charge in [-0.3, -0.25) is 9.89 Å². The van der Waals surface area contributed by atoms with E-state index in [1.54, 1.807) is 6.20 Å². The minimum atomic E-state index is -0.136. The highest BCUT2D eigenvalue weighted by atomic mass is 16.1. The zero-order chi connectivity index (χ0) is 10.8. The van der Waals surface area contributed by atoms with E-state index in [2.05, 4.69) is 15.2 Å². The van der Waals surface area contributed by atoms with Crippen molar-refractivity contribution in [3.63, 3.8) is 0 Å². The Labute approximate surface area is 86.3 Å². The molecule has 2 aromatic rings. The minimum absolute atomic E-state index is 0.136. The van der Waals surface area contributed by atoms with Crippen LogP contribution in [0.3, 0.4) is 0 Å². The predicted molar refractivity (Wildman–Crippen MR) is 58.4 cm³/mol. The average molecular weight is 204 g/mol. The van der Waals surface area contributed by atoms with Crippen molar-refractivity contribution in [3.8, 4) is 11.3 Å². The van der Waals surface area contributed by atoms with Crippen LogP contribution in [0.5, 0.6) is 0 Å². The first-order valence-electron chi connectivity index (χ1n) is 4.74. The van der Waals surface area contributed by atoms with Gasteiger partial charge in [0.1, 0.15) is 5.82 Å². The second-order valence-corrected chi connectivity index (χ2v) is 3.26. The molecule has 5 nitrogen and oxygen atoms in total. The normalized spacial score (nSPS) is 10.5. The summed E-state index contributed by atoms with van der Waals surface area (Å²) in [6.07, 6.45) is 2.39. The smallest absolute Gasteiger partial charge is 0.248 e. The van der Waals surface area contributed by atoms with Gasteiger partial charge in [-0.2, -0.15) is 5.10 Å². The Morgan fingerprint density at radius 1 is 1.53 bits per heavy atom. The number of rotatable bonds is 2. The van der Waals surface area contributed by atoms with E-state index in [4.69, 9.17) is 5.73 Å². The lowest BCUT2D eigenvalue weighted by Gasteiger charge is -2.00. The van der Waals surface area contributed by atoms with Gasteiger partial charge in [-0.25, -0.2) is 0 Å². The highest BCUT2D eigenvalue weighted by molar-refractivity contribution is 5.67. The van der Waals surface area contributed by atoms with Crippen molar-refractivity contribution in [2.45, 2.75) is 13.3 Å². The Hall–Kier alpha value is -2.04. The van der Waals surface area contributed by atoms with Crippen molar-refractivity contribution in [2.24, 2.45) is 0 Å². The predicted octanol–water partition coefficient (Wildman–Crippen LogP) is 0.910. The summed E-state index contributed by atoms with van der Waals surface area (Å²) in [5.41, 5.74) is 8.13. The quantitative estimate of drug-likeness (QED) is 0.679. The summed E-state index contributed by atoms with van der Waals surface area (Å²) >= 11 is 0. The van der Waals surface area contributed by atoms with E-state index in [9.17, 15) is 4.79 Å². The maximum Gasteiger partial charge on any atom is 0.248 e. The summed E-state index contributed by atoms with van der Waals surface area (Å²) in [5, 5.41) is 6.77. The van der Waals surface area contributed by atoms with Gasteiger partial charge in [0.05, 0.1) is 5.69 Å². The molecule has 0 spiro atoms. The fraction of sp³-hybridized carbons (Fsp3) is 0.200. The SMILES string of the molecule is CCc1c(N)n[nH]c1-c1cc[nH]c(=O)c1. The Morgan fingerprint density at radius 2 is 2.33 bits per heavy atom. The van der Waals surface area contributed by atoms with E-state index in [0.717, 1.165) is 23.2 Å². The molecular formula is C10H12N4O. The Kier molecular flexibility index (Phi) is 2.29. The number of nitrogen functional groups attached to an aromatic ring is 1. The molecule has 4 N–H and O–H groups in total. The molecule has 5 heteroatoms. The van der Waals surface area contributed by atoms with Crippen LogP contribution in [0.25, 0.3) is 11.3 Å². The molecule has 0 aliphatic carbocycles. The number of hydrogen-bond acceptors (Lipinski definition) is 3. The lowest BCUT2D eigenvalue weighted by Crippen LogP contribution is -2.02.